The van der Waals surface area contributed by atoms with Gasteiger partial charge in [-0.25, -0.2) is 9.97 Å². The number of hydrogen-bond donors (Lipinski definition) is 2. The first-order valence-corrected chi connectivity index (χ1v) is 13.6. The summed E-state index contributed by atoms with van der Waals surface area (Å²) in [7, 11) is 0. The Kier molecular flexibility index (Phi) is 6.01. The van der Waals surface area contributed by atoms with Gasteiger partial charge in [-0.05, 0) is 61.4 Å². The van der Waals surface area contributed by atoms with Gasteiger partial charge in [0, 0.05) is 21.8 Å². The summed E-state index contributed by atoms with van der Waals surface area (Å²) < 4.78 is 3.16. The number of fused-ring (bicyclic) bond motifs is 4. The number of para-hydroxylation sites is 4. The number of H-pyrrole nitrogens is 2. The van der Waals surface area contributed by atoms with Crippen LogP contribution in [0.25, 0.3) is 55.2 Å². The van der Waals surface area contributed by atoms with Gasteiger partial charge < -0.3 is 9.97 Å². The number of benzene rings is 4. The molecule has 0 unspecified atom stereocenters. The highest BCUT2D eigenvalue weighted by Crippen LogP contribution is 2.24. The summed E-state index contributed by atoms with van der Waals surface area (Å²) in [6.07, 6.45) is 3.17. The zero-order chi connectivity index (χ0) is 28.8. The van der Waals surface area contributed by atoms with Crippen LogP contribution in [0, 0.1) is 13.8 Å². The summed E-state index contributed by atoms with van der Waals surface area (Å²) >= 11 is 0. The van der Waals surface area contributed by atoms with E-state index in [2.05, 4.69) is 19.9 Å². The van der Waals surface area contributed by atoms with E-state index in [9.17, 15) is 9.59 Å². The SMILES string of the molecule is Cc1c(-n2cnc3ccccc3c2=O)[nH]c2ccccc12.Cc1c(-n2cnc3ccccc3c2=O)[nH]c2ccccc12. The Hall–Kier alpha value is -5.76. The standard InChI is InChI=1S/2C17H13N3O/c2*1-11-12-6-2-5-9-15(12)19-16(11)20-10-18-14-8-4-3-7-13(14)17(20)21/h2*2-10,19H,1H3. The minimum Gasteiger partial charge on any atom is -0.341 e. The maximum Gasteiger partial charge on any atom is 0.266 e. The van der Waals surface area contributed by atoms with E-state index in [0.29, 0.717) is 21.8 Å². The Morgan fingerprint density at radius 1 is 0.500 bits per heavy atom. The molecular formula is C34H26N6O2. The second kappa shape index (κ2) is 10.0. The monoisotopic (exact) mass is 550 g/mol. The van der Waals surface area contributed by atoms with Gasteiger partial charge in [-0.15, -0.1) is 0 Å². The molecule has 0 atom stereocenters. The Balaban J connectivity index is 0.000000137. The first-order chi connectivity index (χ1) is 20.5. The van der Waals surface area contributed by atoms with Crippen molar-refractivity contribution in [2.24, 2.45) is 0 Å². The molecule has 0 radical (unpaired) electrons. The lowest BCUT2D eigenvalue weighted by molar-refractivity contribution is 0.926. The van der Waals surface area contributed by atoms with Gasteiger partial charge in [0.1, 0.15) is 24.3 Å². The van der Waals surface area contributed by atoms with Gasteiger partial charge >= 0.3 is 0 Å². The fourth-order valence-corrected chi connectivity index (χ4v) is 5.47. The molecule has 8 rings (SSSR count). The molecule has 8 heteroatoms. The molecule has 0 aliphatic rings. The summed E-state index contributed by atoms with van der Waals surface area (Å²) in [5, 5.41) is 3.48. The Labute approximate surface area is 239 Å². The van der Waals surface area contributed by atoms with Gasteiger partial charge in [-0.2, -0.15) is 0 Å². The molecule has 204 valence electrons. The first kappa shape index (κ1) is 25.2. The minimum atomic E-state index is -0.0599. The van der Waals surface area contributed by atoms with E-state index in [1.807, 2.05) is 98.8 Å². The molecule has 0 aliphatic heterocycles. The zero-order valence-corrected chi connectivity index (χ0v) is 23.0. The van der Waals surface area contributed by atoms with Crippen molar-refractivity contribution in [3.63, 3.8) is 0 Å². The predicted molar refractivity (Wildman–Crippen MR) is 168 cm³/mol. The van der Waals surface area contributed by atoms with Crippen molar-refractivity contribution >= 4 is 43.6 Å². The van der Waals surface area contributed by atoms with Crippen LogP contribution in [-0.4, -0.2) is 29.1 Å². The molecule has 0 bridgehead atoms. The summed E-state index contributed by atoms with van der Waals surface area (Å²) in [4.78, 5) is 40.7. The Morgan fingerprint density at radius 2 is 0.857 bits per heavy atom. The Morgan fingerprint density at radius 3 is 1.26 bits per heavy atom. The van der Waals surface area contributed by atoms with Crippen LogP contribution in [0.3, 0.4) is 0 Å². The molecule has 2 N–H and O–H groups in total. The average molecular weight is 551 g/mol. The molecule has 0 fully saturated rings. The lowest BCUT2D eigenvalue weighted by atomic mass is 10.2. The van der Waals surface area contributed by atoms with Crippen molar-refractivity contribution < 1.29 is 0 Å². The van der Waals surface area contributed by atoms with Crippen LogP contribution in [0.5, 0.6) is 0 Å². The van der Waals surface area contributed by atoms with Crippen molar-refractivity contribution in [1.29, 1.82) is 0 Å². The van der Waals surface area contributed by atoms with E-state index < -0.39 is 0 Å². The second-order valence-corrected chi connectivity index (χ2v) is 10.2. The van der Waals surface area contributed by atoms with Crippen LogP contribution >= 0.6 is 0 Å². The van der Waals surface area contributed by atoms with Crippen molar-refractivity contribution in [3.05, 3.63) is 142 Å². The van der Waals surface area contributed by atoms with Gasteiger partial charge in [0.15, 0.2) is 0 Å². The van der Waals surface area contributed by atoms with Gasteiger partial charge in [0.25, 0.3) is 11.1 Å². The highest BCUT2D eigenvalue weighted by molar-refractivity contribution is 5.88. The second-order valence-electron chi connectivity index (χ2n) is 10.2. The van der Waals surface area contributed by atoms with E-state index in [0.717, 1.165) is 44.6 Å². The number of nitrogens with one attached hydrogen (secondary N) is 2. The van der Waals surface area contributed by atoms with Crippen LogP contribution in [0.4, 0.5) is 0 Å². The van der Waals surface area contributed by atoms with Crippen LogP contribution in [0.1, 0.15) is 11.1 Å². The summed E-state index contributed by atoms with van der Waals surface area (Å²) in [5.41, 5.74) is 5.44. The smallest absolute Gasteiger partial charge is 0.266 e. The molecule has 0 saturated heterocycles. The molecule has 4 aromatic carbocycles. The molecule has 0 amide bonds. The highest BCUT2D eigenvalue weighted by atomic mass is 16.1. The van der Waals surface area contributed by atoms with Crippen LogP contribution in [0.15, 0.2) is 119 Å². The number of nitrogens with zero attached hydrogens (tertiary/aromatic N) is 4. The number of aryl methyl sites for hydroxylation is 2. The third-order valence-electron chi connectivity index (χ3n) is 7.69. The van der Waals surface area contributed by atoms with Crippen molar-refractivity contribution in [2.45, 2.75) is 13.8 Å². The lowest BCUT2D eigenvalue weighted by Gasteiger charge is -2.05. The first-order valence-electron chi connectivity index (χ1n) is 13.6. The molecule has 4 aromatic heterocycles. The maximum absolute atomic E-state index is 12.7. The molecular weight excluding hydrogens is 524 g/mol. The molecule has 0 spiro atoms. The van der Waals surface area contributed by atoms with E-state index in [4.69, 9.17) is 0 Å². The molecule has 8 nitrogen and oxygen atoms in total. The molecule has 8 aromatic rings. The van der Waals surface area contributed by atoms with E-state index >= 15 is 0 Å². The molecule has 4 heterocycles. The highest BCUT2D eigenvalue weighted by Gasteiger charge is 2.13. The van der Waals surface area contributed by atoms with Gasteiger partial charge in [-0.1, -0.05) is 60.7 Å². The minimum absolute atomic E-state index is 0.0599. The fraction of sp³-hybridized carbons (Fsp3) is 0.0588. The lowest BCUT2D eigenvalue weighted by Crippen LogP contribution is -2.19. The topological polar surface area (TPSA) is 101 Å². The van der Waals surface area contributed by atoms with Gasteiger partial charge in [0.05, 0.1) is 21.8 Å². The fourth-order valence-electron chi connectivity index (χ4n) is 5.47. The third-order valence-corrected chi connectivity index (χ3v) is 7.69. The normalized spacial score (nSPS) is 11.3. The van der Waals surface area contributed by atoms with Crippen LogP contribution < -0.4 is 11.1 Å². The Bertz CT molecular complexity index is 2220. The third kappa shape index (κ3) is 4.08. The number of hydrogen-bond acceptors (Lipinski definition) is 4. The van der Waals surface area contributed by atoms with Crippen LogP contribution in [-0.2, 0) is 0 Å². The summed E-state index contributed by atoms with van der Waals surface area (Å²) in [6.45, 7) is 4.02. The largest absolute Gasteiger partial charge is 0.341 e. The van der Waals surface area contributed by atoms with E-state index in [1.165, 1.54) is 0 Å². The zero-order valence-electron chi connectivity index (χ0n) is 23.0. The quantitative estimate of drug-likeness (QED) is 0.262. The molecule has 0 aliphatic carbocycles. The summed E-state index contributed by atoms with van der Waals surface area (Å²) in [6, 6.07) is 30.8. The van der Waals surface area contributed by atoms with Crippen molar-refractivity contribution in [3.8, 4) is 11.6 Å². The predicted octanol–water partition coefficient (Wildman–Crippen LogP) is 6.35. The number of aromatic amines is 2. The van der Waals surface area contributed by atoms with E-state index in [1.54, 1.807) is 33.9 Å². The van der Waals surface area contributed by atoms with Gasteiger partial charge in [0.2, 0.25) is 0 Å². The van der Waals surface area contributed by atoms with Crippen LogP contribution in [0.2, 0.25) is 0 Å². The number of rotatable bonds is 2. The average Bonchev–Trinajstić information content (AvgIpc) is 3.54. The maximum atomic E-state index is 12.7. The van der Waals surface area contributed by atoms with E-state index in [-0.39, 0.29) is 11.1 Å². The van der Waals surface area contributed by atoms with Crippen molar-refractivity contribution in [2.75, 3.05) is 0 Å². The van der Waals surface area contributed by atoms with Crippen molar-refractivity contribution in [1.82, 2.24) is 29.1 Å². The van der Waals surface area contributed by atoms with Gasteiger partial charge in [-0.3, -0.25) is 18.7 Å². The molecule has 0 saturated carbocycles. The number of aromatic nitrogens is 6. The molecule has 42 heavy (non-hydrogen) atoms. The summed E-state index contributed by atoms with van der Waals surface area (Å²) in [5.74, 6) is 1.55.